The lowest BCUT2D eigenvalue weighted by atomic mass is 9.87. The summed E-state index contributed by atoms with van der Waals surface area (Å²) >= 11 is 0. The quantitative estimate of drug-likeness (QED) is 0.480. The number of nitrogens with one attached hydrogen (secondary N) is 2. The maximum atomic E-state index is 12.4. The van der Waals surface area contributed by atoms with Gasteiger partial charge in [0, 0.05) is 12.0 Å². The van der Waals surface area contributed by atoms with Crippen LogP contribution in [-0.2, 0) is 29.9 Å². The Hall–Kier alpha value is -1.51. The van der Waals surface area contributed by atoms with E-state index in [0.29, 0.717) is 5.76 Å². The van der Waals surface area contributed by atoms with Gasteiger partial charge in [0.25, 0.3) is 5.91 Å². The first-order chi connectivity index (χ1) is 11.8. The van der Waals surface area contributed by atoms with Gasteiger partial charge in [0.1, 0.15) is 12.4 Å². The molecule has 1 unspecified atom stereocenters. The third kappa shape index (κ3) is 5.49. The van der Waals surface area contributed by atoms with Crippen molar-refractivity contribution in [1.29, 1.82) is 0 Å². The lowest BCUT2D eigenvalue weighted by molar-refractivity contribution is -0.142. The number of amides is 1. The maximum absolute atomic E-state index is 12.4. The summed E-state index contributed by atoms with van der Waals surface area (Å²) in [5.74, 6) is -0.239. The van der Waals surface area contributed by atoms with E-state index < -0.39 is 31.5 Å². The first-order valence-electron chi connectivity index (χ1n) is 7.82. The molecule has 1 aliphatic heterocycles. The van der Waals surface area contributed by atoms with Gasteiger partial charge in [0.05, 0.1) is 26.3 Å². The molecule has 2 rings (SSSR count). The zero-order valence-electron chi connectivity index (χ0n) is 14.5. The van der Waals surface area contributed by atoms with Crippen LogP contribution in [0, 0.1) is 5.41 Å². The molecule has 0 bridgehead atoms. The number of hydrogen-bond donors (Lipinski definition) is 3. The molecule has 2 atom stereocenters. The van der Waals surface area contributed by atoms with E-state index in [-0.39, 0.29) is 26.1 Å². The third-order valence-electron chi connectivity index (χ3n) is 3.70. The largest absolute Gasteiger partial charge is 0.500 e. The van der Waals surface area contributed by atoms with Gasteiger partial charge in [-0.1, -0.05) is 13.8 Å². The Balaban J connectivity index is 1.94. The molecule has 25 heavy (non-hydrogen) atoms. The van der Waals surface area contributed by atoms with Gasteiger partial charge in [-0.05, 0) is 12.1 Å². The minimum atomic E-state index is -3.41. The van der Waals surface area contributed by atoms with Crippen molar-refractivity contribution in [3.05, 3.63) is 24.2 Å². The van der Waals surface area contributed by atoms with Crippen LogP contribution in [-0.4, -0.2) is 43.1 Å². The van der Waals surface area contributed by atoms with E-state index in [1.165, 1.54) is 13.4 Å². The number of esters is 1. The molecule has 1 aromatic heterocycles. The Bertz CT molecular complexity index is 593. The fraction of sp³-hybridized carbons (Fsp3) is 0.600. The van der Waals surface area contributed by atoms with E-state index in [0.717, 1.165) is 0 Å². The van der Waals surface area contributed by atoms with E-state index in [9.17, 15) is 14.5 Å². The summed E-state index contributed by atoms with van der Waals surface area (Å²) in [4.78, 5) is 34.1. The van der Waals surface area contributed by atoms with Crippen molar-refractivity contribution < 1.29 is 32.7 Å². The average Bonchev–Trinajstić information content (AvgIpc) is 3.09. The molecule has 1 aromatic rings. The van der Waals surface area contributed by atoms with Gasteiger partial charge in [0.15, 0.2) is 6.10 Å². The molecule has 140 valence electrons. The van der Waals surface area contributed by atoms with Gasteiger partial charge >= 0.3 is 14.1 Å². The van der Waals surface area contributed by atoms with Crippen LogP contribution in [0.1, 0.15) is 26.0 Å². The first kappa shape index (κ1) is 19.8. The summed E-state index contributed by atoms with van der Waals surface area (Å²) in [7, 11) is -2.13. The Morgan fingerprint density at radius 3 is 2.88 bits per heavy atom. The van der Waals surface area contributed by atoms with Crippen molar-refractivity contribution >= 4 is 20.0 Å². The molecule has 0 spiro atoms. The number of methoxy groups -OCH3 is 1. The smallest absolute Gasteiger partial charge is 0.469 e. The van der Waals surface area contributed by atoms with Crippen molar-refractivity contribution in [2.24, 2.45) is 5.41 Å². The lowest BCUT2D eigenvalue weighted by Gasteiger charge is -2.37. The van der Waals surface area contributed by atoms with E-state index >= 15 is 0 Å². The second-order valence-corrected chi connectivity index (χ2v) is 8.13. The van der Waals surface area contributed by atoms with Gasteiger partial charge in [-0.3, -0.25) is 9.59 Å². The SMILES string of the molecule is COC(=O)CCNC(=O)[C@@H]1O[P+](O)(NCc2ccco2)OCC1(C)C. The summed E-state index contributed by atoms with van der Waals surface area (Å²) < 4.78 is 20.8. The lowest BCUT2D eigenvalue weighted by Crippen LogP contribution is -2.51. The first-order valence-corrected chi connectivity index (χ1v) is 9.40. The van der Waals surface area contributed by atoms with Crippen LogP contribution in [0.2, 0.25) is 0 Å². The number of furan rings is 1. The van der Waals surface area contributed by atoms with Gasteiger partial charge in [0.2, 0.25) is 0 Å². The van der Waals surface area contributed by atoms with Crippen molar-refractivity contribution in [2.75, 3.05) is 20.3 Å². The molecule has 0 radical (unpaired) electrons. The minimum absolute atomic E-state index is 0.0576. The summed E-state index contributed by atoms with van der Waals surface area (Å²) in [6, 6.07) is 3.47. The summed E-state index contributed by atoms with van der Waals surface area (Å²) in [5.41, 5.74) is -0.645. The average molecular weight is 375 g/mol. The monoisotopic (exact) mass is 375 g/mol. The molecule has 9 nitrogen and oxygen atoms in total. The van der Waals surface area contributed by atoms with Gasteiger partial charge in [-0.25, -0.2) is 0 Å². The molecule has 1 saturated heterocycles. The molecule has 1 fully saturated rings. The van der Waals surface area contributed by atoms with Crippen LogP contribution < -0.4 is 10.4 Å². The molecule has 3 N–H and O–H groups in total. The Morgan fingerprint density at radius 1 is 1.48 bits per heavy atom. The Kier molecular flexibility index (Phi) is 6.53. The third-order valence-corrected chi connectivity index (χ3v) is 5.23. The highest BCUT2D eigenvalue weighted by molar-refractivity contribution is 7.58. The summed E-state index contributed by atoms with van der Waals surface area (Å²) in [6.07, 6.45) is 0.645. The number of hydrogen-bond acceptors (Lipinski definition) is 8. The molecular weight excluding hydrogens is 351 g/mol. The standard InChI is InChI=1S/C15H23N2O7P/c1-15(2)10-23-25(20,17-9-11-5-4-8-22-11)24-13(15)14(19)16-7-6-12(18)21-3/h4-5,8,13,17,20H,6-7,9-10H2,1-3H3/p+1/t13-,25?/m0/s1. The molecule has 0 saturated carbocycles. The molecular formula is C15H24N2O7P+. The van der Waals surface area contributed by atoms with Crippen LogP contribution in [0.4, 0.5) is 0 Å². The predicted octanol–water partition coefficient (Wildman–Crippen LogP) is 1.16. The molecule has 0 aliphatic carbocycles. The van der Waals surface area contributed by atoms with E-state index in [4.69, 9.17) is 13.5 Å². The zero-order chi connectivity index (χ0) is 18.5. The molecule has 2 heterocycles. The van der Waals surface area contributed by atoms with Crippen molar-refractivity contribution in [3.63, 3.8) is 0 Å². The second-order valence-electron chi connectivity index (χ2n) is 6.30. The van der Waals surface area contributed by atoms with Crippen LogP contribution in [0.25, 0.3) is 0 Å². The molecule has 1 amide bonds. The summed E-state index contributed by atoms with van der Waals surface area (Å²) in [6.45, 7) is 4.06. The number of rotatable bonds is 7. The summed E-state index contributed by atoms with van der Waals surface area (Å²) in [5, 5.41) is 5.40. The normalized spacial score (nSPS) is 25.4. The fourth-order valence-electron chi connectivity index (χ4n) is 2.20. The highest BCUT2D eigenvalue weighted by Crippen LogP contribution is 2.59. The van der Waals surface area contributed by atoms with Gasteiger partial charge < -0.3 is 14.5 Å². The van der Waals surface area contributed by atoms with Crippen LogP contribution in [0.3, 0.4) is 0 Å². The van der Waals surface area contributed by atoms with Crippen molar-refractivity contribution in [2.45, 2.75) is 32.9 Å². The van der Waals surface area contributed by atoms with Crippen molar-refractivity contribution in [3.8, 4) is 0 Å². The maximum Gasteiger partial charge on any atom is 0.500 e. The van der Waals surface area contributed by atoms with Gasteiger partial charge in [-0.15, -0.1) is 9.61 Å². The highest BCUT2D eigenvalue weighted by Gasteiger charge is 2.57. The van der Waals surface area contributed by atoms with Crippen LogP contribution in [0.5, 0.6) is 0 Å². The second kappa shape index (κ2) is 8.25. The predicted molar refractivity (Wildman–Crippen MR) is 88.9 cm³/mol. The Morgan fingerprint density at radius 2 is 2.24 bits per heavy atom. The van der Waals surface area contributed by atoms with E-state index in [1.54, 1.807) is 26.0 Å². The minimum Gasteiger partial charge on any atom is -0.469 e. The topological polar surface area (TPSA) is 119 Å². The Labute approximate surface area is 146 Å². The number of carbonyl (C=O) groups is 2. The van der Waals surface area contributed by atoms with E-state index in [1.807, 2.05) is 0 Å². The number of ether oxygens (including phenoxy) is 1. The number of carbonyl (C=O) groups excluding carboxylic acids is 2. The fourth-order valence-corrected chi connectivity index (χ4v) is 3.96. The molecule has 10 heteroatoms. The van der Waals surface area contributed by atoms with Crippen molar-refractivity contribution in [1.82, 2.24) is 10.4 Å². The zero-order valence-corrected chi connectivity index (χ0v) is 15.4. The highest BCUT2D eigenvalue weighted by atomic mass is 31.2. The van der Waals surface area contributed by atoms with Gasteiger partial charge in [-0.2, -0.15) is 9.42 Å². The van der Waals surface area contributed by atoms with E-state index in [2.05, 4.69) is 15.1 Å². The molecule has 0 aromatic carbocycles. The van der Waals surface area contributed by atoms with Crippen LogP contribution in [0.15, 0.2) is 22.8 Å². The van der Waals surface area contributed by atoms with Crippen LogP contribution >= 0.6 is 8.09 Å². The molecule has 1 aliphatic rings.